The number of halogens is 1. The number of rotatable bonds is 6. The van der Waals surface area contributed by atoms with Gasteiger partial charge in [0.2, 0.25) is 0 Å². The second-order valence-corrected chi connectivity index (χ2v) is 8.02. The highest BCUT2D eigenvalue weighted by Gasteiger charge is 2.16. The van der Waals surface area contributed by atoms with Crippen LogP contribution in [0.4, 0.5) is 11.4 Å². The maximum atomic E-state index is 13.0. The first-order chi connectivity index (χ1) is 15.2. The number of nitro groups is 1. The highest BCUT2D eigenvalue weighted by molar-refractivity contribution is 9.10. The van der Waals surface area contributed by atoms with Crippen LogP contribution in [0, 0.1) is 24.0 Å². The average molecular weight is 494 g/mol. The number of non-ortho nitro benzene ring substituents is 1. The van der Waals surface area contributed by atoms with E-state index < -0.39 is 16.7 Å². The molecule has 0 aliphatic rings. The minimum atomic E-state index is -0.533. The molecule has 0 aromatic heterocycles. The zero-order chi connectivity index (χ0) is 23.3. The van der Waals surface area contributed by atoms with Crippen molar-refractivity contribution in [2.75, 3.05) is 5.32 Å². The topological polar surface area (TPSA) is 101 Å². The van der Waals surface area contributed by atoms with E-state index in [1.807, 2.05) is 32.0 Å². The van der Waals surface area contributed by atoms with E-state index in [0.717, 1.165) is 11.1 Å². The standard InChI is InChI=1S/C24H20BrN3O4/c1-15-4-3-5-18(12-15)23(29)27-22(14-17-7-9-19(10-8-17)28(31)32)24(30)26-21-11-6-16(2)13-20(21)25/h3-14H,1-2H3,(H,26,30)(H,27,29)/b22-14-. The van der Waals surface area contributed by atoms with Crippen LogP contribution in [0.2, 0.25) is 0 Å². The molecule has 0 spiro atoms. The fraction of sp³-hybridized carbons (Fsp3) is 0.0833. The van der Waals surface area contributed by atoms with Crippen molar-refractivity contribution in [1.82, 2.24) is 5.32 Å². The van der Waals surface area contributed by atoms with Gasteiger partial charge in [-0.1, -0.05) is 23.8 Å². The summed E-state index contributed by atoms with van der Waals surface area (Å²) < 4.78 is 0.700. The first kappa shape index (κ1) is 22.9. The lowest BCUT2D eigenvalue weighted by Gasteiger charge is -2.13. The molecule has 0 atom stereocenters. The van der Waals surface area contributed by atoms with Gasteiger partial charge in [-0.25, -0.2) is 0 Å². The van der Waals surface area contributed by atoms with Crippen LogP contribution in [0.15, 0.2) is 76.9 Å². The summed E-state index contributed by atoms with van der Waals surface area (Å²) >= 11 is 3.42. The summed E-state index contributed by atoms with van der Waals surface area (Å²) in [6, 6.07) is 18.1. The summed E-state index contributed by atoms with van der Waals surface area (Å²) in [4.78, 5) is 36.2. The Balaban J connectivity index is 1.92. The average Bonchev–Trinajstić information content (AvgIpc) is 2.75. The Kier molecular flexibility index (Phi) is 7.17. The minimum absolute atomic E-state index is 0.00201. The molecule has 0 saturated carbocycles. The zero-order valence-electron chi connectivity index (χ0n) is 17.4. The van der Waals surface area contributed by atoms with Gasteiger partial charge in [0.05, 0.1) is 10.6 Å². The second-order valence-electron chi connectivity index (χ2n) is 7.17. The van der Waals surface area contributed by atoms with E-state index in [9.17, 15) is 19.7 Å². The maximum Gasteiger partial charge on any atom is 0.272 e. The predicted octanol–water partition coefficient (Wildman–Crippen LogP) is 5.38. The Morgan fingerprint density at radius 3 is 2.28 bits per heavy atom. The number of amides is 2. The third-order valence-corrected chi connectivity index (χ3v) is 5.22. The normalized spacial score (nSPS) is 11.0. The van der Waals surface area contributed by atoms with Gasteiger partial charge in [-0.3, -0.25) is 19.7 Å². The zero-order valence-corrected chi connectivity index (χ0v) is 19.0. The first-order valence-electron chi connectivity index (χ1n) is 9.64. The largest absolute Gasteiger partial charge is 0.320 e. The highest BCUT2D eigenvalue weighted by atomic mass is 79.9. The molecule has 3 aromatic rings. The molecule has 32 heavy (non-hydrogen) atoms. The molecule has 3 rings (SSSR count). The van der Waals surface area contributed by atoms with E-state index in [1.54, 1.807) is 24.3 Å². The molecule has 0 heterocycles. The quantitative estimate of drug-likeness (QED) is 0.273. The number of carbonyl (C=O) groups excluding carboxylic acids is 2. The molecule has 3 aromatic carbocycles. The minimum Gasteiger partial charge on any atom is -0.320 e. The number of nitro benzene ring substituents is 1. The van der Waals surface area contributed by atoms with E-state index in [-0.39, 0.29) is 11.4 Å². The van der Waals surface area contributed by atoms with Crippen LogP contribution in [0.25, 0.3) is 6.08 Å². The lowest BCUT2D eigenvalue weighted by Crippen LogP contribution is -2.30. The molecule has 162 valence electrons. The van der Waals surface area contributed by atoms with Crippen molar-refractivity contribution >= 4 is 45.2 Å². The summed E-state index contributed by atoms with van der Waals surface area (Å²) in [5.41, 5.74) is 3.33. The molecule has 2 amide bonds. The predicted molar refractivity (Wildman–Crippen MR) is 127 cm³/mol. The van der Waals surface area contributed by atoms with Crippen molar-refractivity contribution in [2.24, 2.45) is 0 Å². The molecule has 7 nitrogen and oxygen atoms in total. The lowest BCUT2D eigenvalue weighted by atomic mass is 10.1. The molecular formula is C24H20BrN3O4. The van der Waals surface area contributed by atoms with Gasteiger partial charge < -0.3 is 10.6 Å². The van der Waals surface area contributed by atoms with Crippen LogP contribution in [-0.4, -0.2) is 16.7 Å². The van der Waals surface area contributed by atoms with E-state index in [1.165, 1.54) is 30.3 Å². The van der Waals surface area contributed by atoms with Crippen LogP contribution in [-0.2, 0) is 4.79 Å². The van der Waals surface area contributed by atoms with Crippen LogP contribution >= 0.6 is 15.9 Å². The molecule has 2 N–H and O–H groups in total. The van der Waals surface area contributed by atoms with E-state index in [0.29, 0.717) is 21.3 Å². The van der Waals surface area contributed by atoms with Crippen molar-refractivity contribution in [3.63, 3.8) is 0 Å². The van der Waals surface area contributed by atoms with Crippen molar-refractivity contribution in [3.05, 3.63) is 109 Å². The molecule has 0 radical (unpaired) electrons. The first-order valence-corrected chi connectivity index (χ1v) is 10.4. The van der Waals surface area contributed by atoms with E-state index >= 15 is 0 Å². The number of carbonyl (C=O) groups is 2. The summed E-state index contributed by atoms with van der Waals surface area (Å²) in [6.07, 6.45) is 1.47. The monoisotopic (exact) mass is 493 g/mol. The molecule has 0 aliphatic carbocycles. The van der Waals surface area contributed by atoms with Crippen molar-refractivity contribution in [1.29, 1.82) is 0 Å². The van der Waals surface area contributed by atoms with Crippen LogP contribution < -0.4 is 10.6 Å². The van der Waals surface area contributed by atoms with Gasteiger partial charge in [0.15, 0.2) is 0 Å². The Morgan fingerprint density at radius 2 is 1.66 bits per heavy atom. The summed E-state index contributed by atoms with van der Waals surface area (Å²) in [7, 11) is 0. The van der Waals surface area contributed by atoms with Gasteiger partial charge in [-0.05, 0) is 83.4 Å². The molecule has 0 aliphatic heterocycles. The Hall–Kier alpha value is -3.78. The smallest absolute Gasteiger partial charge is 0.272 e. The lowest BCUT2D eigenvalue weighted by molar-refractivity contribution is -0.384. The van der Waals surface area contributed by atoms with Crippen LogP contribution in [0.5, 0.6) is 0 Å². The van der Waals surface area contributed by atoms with Crippen molar-refractivity contribution in [2.45, 2.75) is 13.8 Å². The number of benzene rings is 3. The van der Waals surface area contributed by atoms with E-state index in [2.05, 4.69) is 26.6 Å². The van der Waals surface area contributed by atoms with Crippen LogP contribution in [0.3, 0.4) is 0 Å². The SMILES string of the molecule is Cc1cccc(C(=O)N/C(=C\c2ccc([N+](=O)[O-])cc2)C(=O)Nc2ccc(C)cc2Br)c1. The van der Waals surface area contributed by atoms with Gasteiger partial charge in [-0.2, -0.15) is 0 Å². The van der Waals surface area contributed by atoms with Gasteiger partial charge in [0, 0.05) is 22.2 Å². The fourth-order valence-electron chi connectivity index (χ4n) is 2.91. The number of nitrogens with one attached hydrogen (secondary N) is 2. The van der Waals surface area contributed by atoms with E-state index in [4.69, 9.17) is 0 Å². The van der Waals surface area contributed by atoms with Gasteiger partial charge in [0.25, 0.3) is 17.5 Å². The third-order valence-electron chi connectivity index (χ3n) is 4.56. The Labute approximate surface area is 193 Å². The Morgan fingerprint density at radius 1 is 0.969 bits per heavy atom. The van der Waals surface area contributed by atoms with Gasteiger partial charge in [0.1, 0.15) is 5.70 Å². The molecule has 0 saturated heterocycles. The molecule has 0 bridgehead atoms. The third kappa shape index (κ3) is 5.89. The van der Waals surface area contributed by atoms with Gasteiger partial charge in [-0.15, -0.1) is 0 Å². The second kappa shape index (κ2) is 10.0. The summed E-state index contributed by atoms with van der Waals surface area (Å²) in [6.45, 7) is 3.80. The number of nitrogens with zero attached hydrogens (tertiary/aromatic N) is 1. The summed E-state index contributed by atoms with van der Waals surface area (Å²) in [5.74, 6) is -0.978. The van der Waals surface area contributed by atoms with Crippen molar-refractivity contribution in [3.8, 4) is 0 Å². The maximum absolute atomic E-state index is 13.0. The molecule has 0 fully saturated rings. The van der Waals surface area contributed by atoms with Crippen LogP contribution in [0.1, 0.15) is 27.0 Å². The number of anilines is 1. The number of hydrogen-bond acceptors (Lipinski definition) is 4. The number of aryl methyl sites for hydroxylation is 2. The fourth-order valence-corrected chi connectivity index (χ4v) is 3.50. The summed E-state index contributed by atoms with van der Waals surface area (Å²) in [5, 5.41) is 16.3. The van der Waals surface area contributed by atoms with Gasteiger partial charge >= 0.3 is 0 Å². The molecule has 8 heteroatoms. The molecule has 0 unspecified atom stereocenters. The Bertz CT molecular complexity index is 1220. The number of hydrogen-bond donors (Lipinski definition) is 2. The van der Waals surface area contributed by atoms with Crippen molar-refractivity contribution < 1.29 is 14.5 Å². The molecular weight excluding hydrogens is 474 g/mol. The highest BCUT2D eigenvalue weighted by Crippen LogP contribution is 2.24.